The van der Waals surface area contributed by atoms with Crippen LogP contribution in [0.5, 0.6) is 0 Å². The Hall–Kier alpha value is -0.363. The molecule has 0 atom stereocenters. The molecule has 5 heteroatoms. The van der Waals surface area contributed by atoms with Gasteiger partial charge in [-0.1, -0.05) is 32.3 Å². The molecule has 114 valence electrons. The van der Waals surface area contributed by atoms with Gasteiger partial charge in [-0.3, -0.25) is 0 Å². The van der Waals surface area contributed by atoms with Crippen molar-refractivity contribution in [2.45, 2.75) is 51.5 Å². The van der Waals surface area contributed by atoms with E-state index in [0.29, 0.717) is 0 Å². The van der Waals surface area contributed by atoms with Gasteiger partial charge in [0, 0.05) is 33.9 Å². The first kappa shape index (κ1) is 18.6. The lowest BCUT2D eigenvalue weighted by atomic mass is 10.1. The Labute approximate surface area is 119 Å². The molecule has 0 bridgehead atoms. The molecule has 0 aromatic heterocycles. The predicted molar refractivity (Wildman–Crippen MR) is 82.1 cm³/mol. The molecule has 0 unspecified atom stereocenters. The first-order chi connectivity index (χ1) is 9.24. The van der Waals surface area contributed by atoms with Crippen molar-refractivity contribution in [3.05, 3.63) is 12.3 Å². The van der Waals surface area contributed by atoms with E-state index in [1.165, 1.54) is 32.1 Å². The van der Waals surface area contributed by atoms with Crippen LogP contribution >= 0.6 is 0 Å². The summed E-state index contributed by atoms with van der Waals surface area (Å²) in [6.07, 6.45) is 11.7. The van der Waals surface area contributed by atoms with Crippen LogP contribution in [0.3, 0.4) is 0 Å². The minimum Gasteiger partial charge on any atom is -0.391 e. The number of hydrogen-bond acceptors (Lipinski definition) is 4. The molecule has 1 N–H and O–H groups in total. The van der Waals surface area contributed by atoms with E-state index >= 15 is 0 Å². The van der Waals surface area contributed by atoms with E-state index < -0.39 is 8.80 Å². The van der Waals surface area contributed by atoms with Gasteiger partial charge in [0.25, 0.3) is 0 Å². The van der Waals surface area contributed by atoms with Crippen LogP contribution in [0.1, 0.15) is 45.4 Å². The van der Waals surface area contributed by atoms with Crippen molar-refractivity contribution in [2.75, 3.05) is 27.9 Å². The maximum absolute atomic E-state index is 5.37. The molecule has 0 saturated heterocycles. The lowest BCUT2D eigenvalue weighted by Gasteiger charge is -2.24. The topological polar surface area (TPSA) is 39.7 Å². The molecule has 4 nitrogen and oxygen atoms in total. The lowest BCUT2D eigenvalue weighted by molar-refractivity contribution is 0.123. The van der Waals surface area contributed by atoms with Crippen LogP contribution in [-0.4, -0.2) is 36.7 Å². The average molecular weight is 289 g/mol. The van der Waals surface area contributed by atoms with E-state index in [1.807, 2.05) is 0 Å². The summed E-state index contributed by atoms with van der Waals surface area (Å²) in [6, 6.07) is 0.841. The van der Waals surface area contributed by atoms with E-state index in [4.69, 9.17) is 13.3 Å². The molecule has 19 heavy (non-hydrogen) atoms. The second-order valence-electron chi connectivity index (χ2n) is 4.60. The molecule has 0 aromatic rings. The SMILES string of the molecule is CCCCCCC=CNCCC[Si](OC)(OC)OC. The Morgan fingerprint density at radius 3 is 2.21 bits per heavy atom. The third kappa shape index (κ3) is 9.21. The largest absolute Gasteiger partial charge is 0.500 e. The number of allylic oxidation sites excluding steroid dienone is 1. The zero-order valence-electron chi connectivity index (χ0n) is 13.0. The highest BCUT2D eigenvalue weighted by Gasteiger charge is 2.36. The zero-order chi connectivity index (χ0) is 14.4. The van der Waals surface area contributed by atoms with Crippen LogP contribution in [0.4, 0.5) is 0 Å². The Balaban J connectivity index is 3.50. The quantitative estimate of drug-likeness (QED) is 0.417. The Kier molecular flexibility index (Phi) is 12.4. The van der Waals surface area contributed by atoms with Crippen molar-refractivity contribution in [1.82, 2.24) is 5.32 Å². The first-order valence-corrected chi connectivity index (χ1v) is 9.21. The van der Waals surface area contributed by atoms with Gasteiger partial charge < -0.3 is 18.6 Å². The second kappa shape index (κ2) is 12.7. The van der Waals surface area contributed by atoms with Gasteiger partial charge in [-0.15, -0.1) is 0 Å². The second-order valence-corrected chi connectivity index (χ2v) is 7.70. The average Bonchev–Trinajstić information content (AvgIpc) is 2.46. The molecule has 0 aliphatic rings. The number of nitrogens with one attached hydrogen (secondary N) is 1. The fraction of sp³-hybridized carbons (Fsp3) is 0.857. The summed E-state index contributed by atoms with van der Waals surface area (Å²) < 4.78 is 16.1. The van der Waals surface area contributed by atoms with E-state index in [1.54, 1.807) is 21.3 Å². The molecule has 0 aliphatic carbocycles. The normalized spacial score (nSPS) is 12.2. The summed E-state index contributed by atoms with van der Waals surface area (Å²) in [6.45, 7) is 3.16. The van der Waals surface area contributed by atoms with Gasteiger partial charge in [0.1, 0.15) is 0 Å². The van der Waals surface area contributed by atoms with E-state index in [-0.39, 0.29) is 0 Å². The Morgan fingerprint density at radius 1 is 0.947 bits per heavy atom. The van der Waals surface area contributed by atoms with Crippen LogP contribution in [0.2, 0.25) is 6.04 Å². The third-order valence-corrected chi connectivity index (χ3v) is 6.03. The highest BCUT2D eigenvalue weighted by Crippen LogP contribution is 2.14. The van der Waals surface area contributed by atoms with Crippen molar-refractivity contribution >= 4 is 8.80 Å². The van der Waals surface area contributed by atoms with Crippen molar-refractivity contribution in [3.8, 4) is 0 Å². The number of unbranched alkanes of at least 4 members (excludes halogenated alkanes) is 4. The molecule has 0 heterocycles. The summed E-state index contributed by atoms with van der Waals surface area (Å²) in [5.74, 6) is 0. The molecule has 0 amide bonds. The minimum atomic E-state index is -2.37. The van der Waals surface area contributed by atoms with Crippen LogP contribution in [0.25, 0.3) is 0 Å². The molecular formula is C14H31NO3Si. The van der Waals surface area contributed by atoms with Gasteiger partial charge in [-0.05, 0) is 25.5 Å². The van der Waals surface area contributed by atoms with Gasteiger partial charge >= 0.3 is 8.80 Å². The highest BCUT2D eigenvalue weighted by molar-refractivity contribution is 6.60. The standard InChI is InChI=1S/C14H31NO3Si/c1-5-6-7-8-9-10-12-15-13-11-14-19(16-2,17-3)18-4/h10,12,15H,5-9,11,13-14H2,1-4H3. The minimum absolute atomic E-state index is 0.841. The van der Waals surface area contributed by atoms with Crippen molar-refractivity contribution in [3.63, 3.8) is 0 Å². The van der Waals surface area contributed by atoms with Crippen molar-refractivity contribution in [2.24, 2.45) is 0 Å². The monoisotopic (exact) mass is 289 g/mol. The summed E-state index contributed by atoms with van der Waals surface area (Å²) >= 11 is 0. The molecule has 0 saturated carbocycles. The van der Waals surface area contributed by atoms with E-state index in [0.717, 1.165) is 19.0 Å². The van der Waals surface area contributed by atoms with Crippen molar-refractivity contribution in [1.29, 1.82) is 0 Å². The molecular weight excluding hydrogens is 258 g/mol. The lowest BCUT2D eigenvalue weighted by Crippen LogP contribution is -2.43. The molecule has 0 spiro atoms. The molecule has 0 fully saturated rings. The summed E-state index contributed by atoms with van der Waals surface area (Å²) in [4.78, 5) is 0. The summed E-state index contributed by atoms with van der Waals surface area (Å²) in [5.41, 5.74) is 0. The Bertz CT molecular complexity index is 212. The maximum Gasteiger partial charge on any atom is 0.500 e. The van der Waals surface area contributed by atoms with Gasteiger partial charge in [0.15, 0.2) is 0 Å². The van der Waals surface area contributed by atoms with Crippen LogP contribution in [0.15, 0.2) is 12.3 Å². The Morgan fingerprint density at radius 2 is 1.63 bits per heavy atom. The maximum atomic E-state index is 5.37. The van der Waals surface area contributed by atoms with E-state index in [9.17, 15) is 0 Å². The molecule has 0 radical (unpaired) electrons. The predicted octanol–water partition coefficient (Wildman–Crippen LogP) is 3.33. The van der Waals surface area contributed by atoms with Gasteiger partial charge in [-0.25, -0.2) is 0 Å². The first-order valence-electron chi connectivity index (χ1n) is 7.28. The zero-order valence-corrected chi connectivity index (χ0v) is 14.0. The van der Waals surface area contributed by atoms with E-state index in [2.05, 4.69) is 24.5 Å². The number of hydrogen-bond donors (Lipinski definition) is 1. The highest BCUT2D eigenvalue weighted by atomic mass is 28.4. The van der Waals surface area contributed by atoms with Gasteiger partial charge in [0.2, 0.25) is 0 Å². The van der Waals surface area contributed by atoms with Crippen LogP contribution < -0.4 is 5.32 Å². The molecule has 0 aliphatic heterocycles. The fourth-order valence-corrected chi connectivity index (χ4v) is 3.62. The van der Waals surface area contributed by atoms with Gasteiger partial charge in [-0.2, -0.15) is 0 Å². The smallest absolute Gasteiger partial charge is 0.391 e. The number of rotatable bonds is 13. The molecule has 0 aromatic carbocycles. The summed E-state index contributed by atoms with van der Waals surface area (Å²) in [5, 5.41) is 3.30. The van der Waals surface area contributed by atoms with Crippen LogP contribution in [0, 0.1) is 0 Å². The molecule has 0 rings (SSSR count). The van der Waals surface area contributed by atoms with Gasteiger partial charge in [0.05, 0.1) is 0 Å². The fourth-order valence-electron chi connectivity index (χ4n) is 1.90. The van der Waals surface area contributed by atoms with Crippen LogP contribution in [-0.2, 0) is 13.3 Å². The third-order valence-electron chi connectivity index (χ3n) is 3.20. The van der Waals surface area contributed by atoms with Crippen molar-refractivity contribution < 1.29 is 13.3 Å². The summed E-state index contributed by atoms with van der Waals surface area (Å²) in [7, 11) is 2.59.